The van der Waals surface area contributed by atoms with Crippen molar-refractivity contribution in [1.82, 2.24) is 20.2 Å². The van der Waals surface area contributed by atoms with Crippen molar-refractivity contribution in [1.29, 1.82) is 0 Å². The molecular formula is C14H23N5. The van der Waals surface area contributed by atoms with E-state index in [-0.39, 0.29) is 0 Å². The van der Waals surface area contributed by atoms with E-state index < -0.39 is 0 Å². The summed E-state index contributed by atoms with van der Waals surface area (Å²) in [7, 11) is 0. The van der Waals surface area contributed by atoms with Gasteiger partial charge in [-0.05, 0) is 79.2 Å². The summed E-state index contributed by atoms with van der Waals surface area (Å²) >= 11 is 0. The monoisotopic (exact) mass is 261 g/mol. The number of rotatable bonds is 4. The molecule has 0 atom stereocenters. The molecule has 19 heavy (non-hydrogen) atoms. The molecule has 4 saturated carbocycles. The highest BCUT2D eigenvalue weighted by atomic mass is 15.6. The summed E-state index contributed by atoms with van der Waals surface area (Å²) in [5, 5.41) is 12.5. The lowest BCUT2D eigenvalue weighted by Crippen LogP contribution is -2.46. The van der Waals surface area contributed by atoms with Crippen LogP contribution in [0, 0.1) is 23.7 Å². The van der Waals surface area contributed by atoms with Crippen molar-refractivity contribution in [3.63, 3.8) is 0 Å². The summed E-state index contributed by atoms with van der Waals surface area (Å²) in [5.41, 5.74) is 5.61. The van der Waals surface area contributed by atoms with E-state index in [1.54, 1.807) is 0 Å². The van der Waals surface area contributed by atoms with Crippen LogP contribution in [0.3, 0.4) is 0 Å². The van der Waals surface area contributed by atoms with Gasteiger partial charge in [-0.3, -0.25) is 0 Å². The van der Waals surface area contributed by atoms with Crippen molar-refractivity contribution in [3.05, 3.63) is 5.82 Å². The largest absolute Gasteiger partial charge is 0.330 e. The Bertz CT molecular complexity index is 426. The Morgan fingerprint density at radius 3 is 2.37 bits per heavy atom. The molecule has 2 N–H and O–H groups in total. The number of aromatic nitrogens is 4. The molecule has 0 unspecified atom stereocenters. The van der Waals surface area contributed by atoms with E-state index in [1.165, 1.54) is 32.1 Å². The first-order valence-electron chi connectivity index (χ1n) is 7.82. The molecule has 0 saturated heterocycles. The summed E-state index contributed by atoms with van der Waals surface area (Å²) < 4.78 is 2.17. The van der Waals surface area contributed by atoms with Crippen LogP contribution in [0.15, 0.2) is 0 Å². The Balaban J connectivity index is 1.60. The van der Waals surface area contributed by atoms with Gasteiger partial charge < -0.3 is 5.73 Å². The fourth-order valence-corrected chi connectivity index (χ4v) is 5.16. The van der Waals surface area contributed by atoms with Crippen LogP contribution >= 0.6 is 0 Å². The molecule has 1 aromatic heterocycles. The van der Waals surface area contributed by atoms with Gasteiger partial charge in [0.25, 0.3) is 0 Å². The molecule has 5 heteroatoms. The number of tetrazole rings is 1. The average Bonchev–Trinajstić information content (AvgIpc) is 2.83. The second-order valence-electron chi connectivity index (χ2n) is 6.85. The number of hydrogen-bond donors (Lipinski definition) is 1. The fourth-order valence-electron chi connectivity index (χ4n) is 5.16. The molecule has 0 radical (unpaired) electrons. The summed E-state index contributed by atoms with van der Waals surface area (Å²) in [4.78, 5) is 0. The Hall–Kier alpha value is -0.970. The van der Waals surface area contributed by atoms with E-state index in [4.69, 9.17) is 5.73 Å². The van der Waals surface area contributed by atoms with Crippen LogP contribution in [0.2, 0.25) is 0 Å². The van der Waals surface area contributed by atoms with Gasteiger partial charge in [0.15, 0.2) is 5.82 Å². The maximum Gasteiger partial charge on any atom is 0.151 e. The Morgan fingerprint density at radius 1 is 1.05 bits per heavy atom. The molecule has 5 rings (SSSR count). The third-order valence-corrected chi connectivity index (χ3v) is 5.62. The maximum absolute atomic E-state index is 5.61. The van der Waals surface area contributed by atoms with Crippen LogP contribution in [0.4, 0.5) is 0 Å². The van der Waals surface area contributed by atoms with Crippen LogP contribution in [0.1, 0.15) is 50.4 Å². The lowest BCUT2D eigenvalue weighted by molar-refractivity contribution is -0.0353. The predicted octanol–water partition coefficient (Wildman–Crippen LogP) is 1.56. The minimum Gasteiger partial charge on any atom is -0.330 e. The highest BCUT2D eigenvalue weighted by Gasteiger charge is 2.49. The molecular weight excluding hydrogens is 238 g/mol. The third-order valence-electron chi connectivity index (χ3n) is 5.62. The van der Waals surface area contributed by atoms with E-state index >= 15 is 0 Å². The summed E-state index contributed by atoms with van der Waals surface area (Å²) in [6.45, 7) is 0.717. The standard InChI is InChI=1S/C14H23N5/c15-3-1-2-13-16-17-18-19(13)14-11-5-9-4-10(7-11)8-12(14)6-9/h9-12,14H,1-8,15H2. The number of nitrogens with two attached hydrogens (primary N) is 1. The van der Waals surface area contributed by atoms with Crippen LogP contribution < -0.4 is 5.73 Å². The van der Waals surface area contributed by atoms with Crippen LogP contribution in [-0.2, 0) is 6.42 Å². The zero-order chi connectivity index (χ0) is 12.8. The molecule has 4 fully saturated rings. The molecule has 4 bridgehead atoms. The normalized spacial score (nSPS) is 39.9. The Morgan fingerprint density at radius 2 is 1.74 bits per heavy atom. The molecule has 5 nitrogen and oxygen atoms in total. The van der Waals surface area contributed by atoms with Gasteiger partial charge in [-0.15, -0.1) is 5.10 Å². The minimum atomic E-state index is 0.579. The first-order valence-corrected chi connectivity index (χ1v) is 7.82. The third kappa shape index (κ3) is 1.90. The van der Waals surface area contributed by atoms with Crippen molar-refractivity contribution in [2.24, 2.45) is 29.4 Å². The van der Waals surface area contributed by atoms with E-state index in [9.17, 15) is 0 Å². The first kappa shape index (κ1) is 11.8. The highest BCUT2D eigenvalue weighted by molar-refractivity contribution is 5.02. The van der Waals surface area contributed by atoms with Crippen molar-refractivity contribution in [3.8, 4) is 0 Å². The van der Waals surface area contributed by atoms with E-state index in [1.807, 2.05) is 0 Å². The Kier molecular flexibility index (Phi) is 2.83. The van der Waals surface area contributed by atoms with Gasteiger partial charge >= 0.3 is 0 Å². The molecule has 104 valence electrons. The van der Waals surface area contributed by atoms with Crippen LogP contribution in [0.5, 0.6) is 0 Å². The second kappa shape index (κ2) is 4.54. The maximum atomic E-state index is 5.61. The van der Waals surface area contributed by atoms with Gasteiger partial charge in [-0.2, -0.15) is 0 Å². The lowest BCUT2D eigenvalue weighted by atomic mass is 9.54. The lowest BCUT2D eigenvalue weighted by Gasteiger charge is -2.54. The first-order chi connectivity index (χ1) is 9.35. The molecule has 1 aromatic rings. The zero-order valence-corrected chi connectivity index (χ0v) is 11.4. The van der Waals surface area contributed by atoms with Gasteiger partial charge in [-0.25, -0.2) is 4.68 Å². The quantitative estimate of drug-likeness (QED) is 0.893. The summed E-state index contributed by atoms with van der Waals surface area (Å²) in [6.07, 6.45) is 9.04. The van der Waals surface area contributed by atoms with Gasteiger partial charge in [0, 0.05) is 6.42 Å². The second-order valence-corrected chi connectivity index (χ2v) is 6.85. The summed E-state index contributed by atoms with van der Waals surface area (Å²) in [5.74, 6) is 4.72. The molecule has 0 amide bonds. The van der Waals surface area contributed by atoms with Gasteiger partial charge in [0.05, 0.1) is 6.04 Å². The fraction of sp³-hybridized carbons (Fsp3) is 0.929. The number of aryl methyl sites for hydroxylation is 1. The van der Waals surface area contributed by atoms with E-state index in [2.05, 4.69) is 20.2 Å². The van der Waals surface area contributed by atoms with Crippen molar-refractivity contribution in [2.45, 2.75) is 51.0 Å². The van der Waals surface area contributed by atoms with Gasteiger partial charge in [0.1, 0.15) is 0 Å². The minimum absolute atomic E-state index is 0.579. The molecule has 1 heterocycles. The van der Waals surface area contributed by atoms with Gasteiger partial charge in [0.2, 0.25) is 0 Å². The molecule has 0 spiro atoms. The predicted molar refractivity (Wildman–Crippen MR) is 71.3 cm³/mol. The number of hydrogen-bond acceptors (Lipinski definition) is 4. The SMILES string of the molecule is NCCCc1nnnn1C1C2CC3CC(C2)CC1C3. The molecule has 0 aliphatic heterocycles. The van der Waals surface area contributed by atoms with Crippen molar-refractivity contribution >= 4 is 0 Å². The topological polar surface area (TPSA) is 69.6 Å². The Labute approximate surface area is 113 Å². The highest BCUT2D eigenvalue weighted by Crippen LogP contribution is 2.58. The van der Waals surface area contributed by atoms with E-state index in [0.29, 0.717) is 12.6 Å². The summed E-state index contributed by atoms with van der Waals surface area (Å²) in [6, 6.07) is 0.579. The van der Waals surface area contributed by atoms with Gasteiger partial charge in [-0.1, -0.05) is 0 Å². The van der Waals surface area contributed by atoms with Crippen LogP contribution in [-0.4, -0.2) is 26.8 Å². The van der Waals surface area contributed by atoms with E-state index in [0.717, 1.165) is 42.3 Å². The molecule has 4 aliphatic rings. The zero-order valence-electron chi connectivity index (χ0n) is 11.4. The van der Waals surface area contributed by atoms with Crippen molar-refractivity contribution in [2.75, 3.05) is 6.54 Å². The van der Waals surface area contributed by atoms with Crippen molar-refractivity contribution < 1.29 is 0 Å². The molecule has 4 aliphatic carbocycles. The number of nitrogens with zero attached hydrogens (tertiary/aromatic N) is 4. The molecule has 0 aromatic carbocycles. The smallest absolute Gasteiger partial charge is 0.151 e. The average molecular weight is 261 g/mol. The van der Waals surface area contributed by atoms with Crippen LogP contribution in [0.25, 0.3) is 0 Å².